The number of benzene rings is 3. The average molecular weight is 475 g/mol. The van der Waals surface area contributed by atoms with Gasteiger partial charge in [0, 0.05) is 25.2 Å². The summed E-state index contributed by atoms with van der Waals surface area (Å²) in [6.45, 7) is 1.02. The summed E-state index contributed by atoms with van der Waals surface area (Å²) >= 11 is 0. The molecule has 0 radical (unpaired) electrons. The number of H-pyrrole nitrogens is 1. The monoisotopic (exact) mass is 474 g/mol. The first kappa shape index (κ1) is 22.3. The van der Waals surface area contributed by atoms with E-state index in [0.717, 1.165) is 11.1 Å². The van der Waals surface area contributed by atoms with E-state index in [9.17, 15) is 13.2 Å². The highest BCUT2D eigenvalue weighted by atomic mass is 32.2. The summed E-state index contributed by atoms with van der Waals surface area (Å²) in [4.78, 5) is 20.8. The molecule has 2 N–H and O–H groups in total. The Hall–Kier alpha value is -3.49. The highest BCUT2D eigenvalue weighted by molar-refractivity contribution is 7.89. The molecule has 0 bridgehead atoms. The normalized spacial score (nSPS) is 17.0. The molecule has 1 amide bonds. The van der Waals surface area contributed by atoms with Gasteiger partial charge in [-0.2, -0.15) is 4.31 Å². The number of aromatic amines is 1. The van der Waals surface area contributed by atoms with E-state index in [1.54, 1.807) is 18.2 Å². The number of hydrogen-bond acceptors (Lipinski definition) is 4. The molecule has 2 heterocycles. The molecule has 7 nitrogen and oxygen atoms in total. The van der Waals surface area contributed by atoms with Gasteiger partial charge < -0.3 is 10.3 Å². The van der Waals surface area contributed by atoms with Crippen molar-refractivity contribution in [3.8, 4) is 11.4 Å². The molecule has 0 saturated carbocycles. The van der Waals surface area contributed by atoms with Crippen LogP contribution in [0.5, 0.6) is 0 Å². The van der Waals surface area contributed by atoms with Gasteiger partial charge in [-0.3, -0.25) is 4.79 Å². The Bertz CT molecular complexity index is 1400. The summed E-state index contributed by atoms with van der Waals surface area (Å²) in [6.07, 6.45) is 1.32. The van der Waals surface area contributed by atoms with Crippen molar-refractivity contribution >= 4 is 27.0 Å². The number of piperidine rings is 1. The minimum Gasteiger partial charge on any atom is -0.352 e. The van der Waals surface area contributed by atoms with Crippen LogP contribution in [0.2, 0.25) is 0 Å². The maximum absolute atomic E-state index is 13.4. The Labute approximate surface area is 198 Å². The number of aromatic nitrogens is 2. The van der Waals surface area contributed by atoms with Gasteiger partial charge in [0.25, 0.3) is 0 Å². The van der Waals surface area contributed by atoms with Crippen molar-refractivity contribution in [3.63, 3.8) is 0 Å². The Morgan fingerprint density at radius 2 is 1.76 bits per heavy atom. The average Bonchev–Trinajstić information content (AvgIpc) is 3.32. The predicted molar refractivity (Wildman–Crippen MR) is 131 cm³/mol. The number of rotatable bonds is 6. The second-order valence-electron chi connectivity index (χ2n) is 8.54. The number of hydrogen-bond donors (Lipinski definition) is 2. The maximum atomic E-state index is 13.4. The molecule has 1 atom stereocenters. The van der Waals surface area contributed by atoms with Gasteiger partial charge in [-0.15, -0.1) is 0 Å². The number of sulfonamides is 1. The quantitative estimate of drug-likeness (QED) is 0.442. The van der Waals surface area contributed by atoms with Gasteiger partial charge in [-0.25, -0.2) is 13.4 Å². The largest absolute Gasteiger partial charge is 0.352 e. The van der Waals surface area contributed by atoms with Crippen LogP contribution < -0.4 is 5.32 Å². The molecule has 1 aliphatic rings. The molecule has 8 heteroatoms. The SMILES string of the molecule is O=C(NCc1ccccc1)[C@H]1CCCN(S(=O)(=O)c2ccc3nc(-c4ccccc4)[nH]c3c2)C1. The van der Waals surface area contributed by atoms with Crippen LogP contribution in [0.1, 0.15) is 18.4 Å². The molecule has 3 aromatic carbocycles. The van der Waals surface area contributed by atoms with Crippen LogP contribution in [0.15, 0.2) is 83.8 Å². The maximum Gasteiger partial charge on any atom is 0.243 e. The topological polar surface area (TPSA) is 95.2 Å². The van der Waals surface area contributed by atoms with Crippen LogP contribution in [0.25, 0.3) is 22.4 Å². The van der Waals surface area contributed by atoms with E-state index in [1.165, 1.54) is 4.31 Å². The van der Waals surface area contributed by atoms with Crippen molar-refractivity contribution in [2.24, 2.45) is 5.92 Å². The lowest BCUT2D eigenvalue weighted by atomic mass is 9.99. The predicted octanol–water partition coefficient (Wildman–Crippen LogP) is 3.95. The fraction of sp³-hybridized carbons (Fsp3) is 0.231. The Morgan fingerprint density at radius 1 is 1.03 bits per heavy atom. The standard InChI is InChI=1S/C26H26N4O3S/c31-26(27-17-19-8-3-1-4-9-19)21-12-7-15-30(18-21)34(32,33)22-13-14-23-24(16-22)29-25(28-23)20-10-5-2-6-11-20/h1-6,8-11,13-14,16,21H,7,12,15,17-18H2,(H,27,31)(H,28,29)/t21-/m0/s1. The van der Waals surface area contributed by atoms with Crippen LogP contribution in [-0.2, 0) is 21.4 Å². The van der Waals surface area contributed by atoms with Gasteiger partial charge >= 0.3 is 0 Å². The van der Waals surface area contributed by atoms with Crippen molar-refractivity contribution in [1.29, 1.82) is 0 Å². The molecule has 1 saturated heterocycles. The van der Waals surface area contributed by atoms with Gasteiger partial charge in [0.05, 0.1) is 21.8 Å². The number of imidazole rings is 1. The molecular formula is C26H26N4O3S. The second kappa shape index (κ2) is 9.40. The first-order valence-electron chi connectivity index (χ1n) is 11.4. The fourth-order valence-electron chi connectivity index (χ4n) is 4.34. The van der Waals surface area contributed by atoms with Gasteiger partial charge in [0.15, 0.2) is 0 Å². The molecule has 5 rings (SSSR count). The molecule has 0 aliphatic carbocycles. The summed E-state index contributed by atoms with van der Waals surface area (Å²) in [5.41, 5.74) is 3.31. The van der Waals surface area contributed by atoms with Crippen LogP contribution in [0.3, 0.4) is 0 Å². The van der Waals surface area contributed by atoms with Crippen LogP contribution in [-0.4, -0.2) is 41.7 Å². The zero-order chi connectivity index (χ0) is 23.5. The molecule has 174 valence electrons. The number of nitrogens with zero attached hydrogens (tertiary/aromatic N) is 2. The molecular weight excluding hydrogens is 448 g/mol. The lowest BCUT2D eigenvalue weighted by molar-refractivity contribution is -0.126. The lowest BCUT2D eigenvalue weighted by Crippen LogP contribution is -2.45. The van der Waals surface area contributed by atoms with Gasteiger partial charge in [0.1, 0.15) is 5.82 Å². The van der Waals surface area contributed by atoms with Crippen molar-refractivity contribution in [2.45, 2.75) is 24.3 Å². The third-order valence-electron chi connectivity index (χ3n) is 6.20. The minimum absolute atomic E-state index is 0.111. The summed E-state index contributed by atoms with van der Waals surface area (Å²) in [6, 6.07) is 24.3. The van der Waals surface area contributed by atoms with Crippen molar-refractivity contribution in [2.75, 3.05) is 13.1 Å². The third-order valence-corrected chi connectivity index (χ3v) is 8.06. The van der Waals surface area contributed by atoms with E-state index < -0.39 is 10.0 Å². The first-order chi connectivity index (χ1) is 16.5. The molecule has 34 heavy (non-hydrogen) atoms. The molecule has 1 fully saturated rings. The summed E-state index contributed by atoms with van der Waals surface area (Å²) < 4.78 is 28.3. The van der Waals surface area contributed by atoms with E-state index in [-0.39, 0.29) is 23.3 Å². The van der Waals surface area contributed by atoms with E-state index in [4.69, 9.17) is 0 Å². The van der Waals surface area contributed by atoms with E-state index in [0.29, 0.717) is 42.8 Å². The smallest absolute Gasteiger partial charge is 0.243 e. The van der Waals surface area contributed by atoms with Gasteiger partial charge in [-0.05, 0) is 36.6 Å². The Kier molecular flexibility index (Phi) is 6.17. The number of carbonyl (C=O) groups excluding carboxylic acids is 1. The van der Waals surface area contributed by atoms with Gasteiger partial charge in [0.2, 0.25) is 15.9 Å². The highest BCUT2D eigenvalue weighted by Crippen LogP contribution is 2.27. The van der Waals surface area contributed by atoms with E-state index in [1.807, 2.05) is 60.7 Å². The Balaban J connectivity index is 1.32. The fourth-order valence-corrected chi connectivity index (χ4v) is 5.89. The zero-order valence-corrected chi connectivity index (χ0v) is 19.5. The van der Waals surface area contributed by atoms with E-state index in [2.05, 4.69) is 15.3 Å². The molecule has 1 aromatic heterocycles. The highest BCUT2D eigenvalue weighted by Gasteiger charge is 2.33. The van der Waals surface area contributed by atoms with Crippen molar-refractivity contribution < 1.29 is 13.2 Å². The summed E-state index contributed by atoms with van der Waals surface area (Å²) in [5, 5.41) is 2.95. The minimum atomic E-state index is -3.74. The number of fused-ring (bicyclic) bond motifs is 1. The van der Waals surface area contributed by atoms with Crippen LogP contribution >= 0.6 is 0 Å². The van der Waals surface area contributed by atoms with Gasteiger partial charge in [-0.1, -0.05) is 60.7 Å². The van der Waals surface area contributed by atoms with Crippen LogP contribution in [0.4, 0.5) is 0 Å². The van der Waals surface area contributed by atoms with Crippen LogP contribution in [0, 0.1) is 5.92 Å². The van der Waals surface area contributed by atoms with E-state index >= 15 is 0 Å². The number of nitrogens with one attached hydrogen (secondary N) is 2. The molecule has 4 aromatic rings. The Morgan fingerprint density at radius 3 is 2.53 bits per heavy atom. The second-order valence-corrected chi connectivity index (χ2v) is 10.5. The van der Waals surface area contributed by atoms with Crippen molar-refractivity contribution in [1.82, 2.24) is 19.6 Å². The first-order valence-corrected chi connectivity index (χ1v) is 12.8. The molecule has 1 aliphatic heterocycles. The summed E-state index contributed by atoms with van der Waals surface area (Å²) in [5.74, 6) is 0.214. The number of amides is 1. The lowest BCUT2D eigenvalue weighted by Gasteiger charge is -2.31. The zero-order valence-electron chi connectivity index (χ0n) is 18.6. The van der Waals surface area contributed by atoms with Crippen molar-refractivity contribution in [3.05, 3.63) is 84.4 Å². The third kappa shape index (κ3) is 4.60. The molecule has 0 unspecified atom stereocenters. The summed E-state index contributed by atoms with van der Waals surface area (Å²) in [7, 11) is -3.74. The number of carbonyl (C=O) groups is 1. The molecule has 0 spiro atoms.